The van der Waals surface area contributed by atoms with Gasteiger partial charge in [0.15, 0.2) is 0 Å². The van der Waals surface area contributed by atoms with Crippen LogP contribution in [-0.4, -0.2) is 35.8 Å². The molecule has 10 heteroatoms. The Hall–Kier alpha value is -2.42. The Morgan fingerprint density at radius 2 is 1.90 bits per heavy atom. The first kappa shape index (κ1) is 21.3. The van der Waals surface area contributed by atoms with E-state index in [0.29, 0.717) is 5.02 Å². The van der Waals surface area contributed by atoms with Crippen LogP contribution >= 0.6 is 23.2 Å². The van der Waals surface area contributed by atoms with E-state index in [1.165, 1.54) is 47.7 Å². The number of carbonyl (C=O) groups excluding carboxylic acids is 1. The predicted octanol–water partition coefficient (Wildman–Crippen LogP) is 3.52. The molecule has 1 unspecified atom stereocenters. The lowest BCUT2D eigenvalue weighted by Crippen LogP contribution is -2.48. The number of carbonyl (C=O) groups is 1. The van der Waals surface area contributed by atoms with Gasteiger partial charge in [0.25, 0.3) is 0 Å². The van der Waals surface area contributed by atoms with Crippen molar-refractivity contribution < 1.29 is 17.9 Å². The van der Waals surface area contributed by atoms with E-state index in [-0.39, 0.29) is 28.6 Å². The van der Waals surface area contributed by atoms with Gasteiger partial charge in [-0.25, -0.2) is 18.2 Å². The molecule has 0 bridgehead atoms. The topological polar surface area (TPSA) is 91.2 Å². The maximum absolute atomic E-state index is 13.9. The van der Waals surface area contributed by atoms with Gasteiger partial charge in [-0.15, -0.1) is 0 Å². The Bertz CT molecular complexity index is 1110. The number of hydrogen-bond acceptors (Lipinski definition) is 6. The molecule has 152 valence electrons. The maximum atomic E-state index is 13.9. The van der Waals surface area contributed by atoms with Gasteiger partial charge in [0.1, 0.15) is 12.7 Å². The average molecular weight is 454 g/mol. The molecule has 2 aromatic carbocycles. The molecule has 3 rings (SSSR count). The highest BCUT2D eigenvalue weighted by Crippen LogP contribution is 2.42. The van der Waals surface area contributed by atoms with Crippen LogP contribution in [0.15, 0.2) is 66.1 Å². The van der Waals surface area contributed by atoms with Crippen LogP contribution in [-0.2, 0) is 30.7 Å². The van der Waals surface area contributed by atoms with Crippen molar-refractivity contribution in [3.8, 4) is 0 Å². The van der Waals surface area contributed by atoms with E-state index in [1.807, 2.05) is 0 Å². The van der Waals surface area contributed by atoms with Gasteiger partial charge in [-0.1, -0.05) is 47.5 Å². The second kappa shape index (κ2) is 8.52. The van der Waals surface area contributed by atoms with Crippen molar-refractivity contribution in [2.45, 2.75) is 23.1 Å². The lowest BCUT2D eigenvalue weighted by molar-refractivity contribution is -0.147. The molecule has 0 aliphatic rings. The third-order valence-electron chi connectivity index (χ3n) is 4.33. The minimum atomic E-state index is -4.34. The molecule has 1 atom stereocenters. The zero-order valence-corrected chi connectivity index (χ0v) is 17.7. The van der Waals surface area contributed by atoms with Gasteiger partial charge in [0.05, 0.1) is 18.0 Å². The van der Waals surface area contributed by atoms with E-state index >= 15 is 0 Å². The zero-order chi connectivity index (χ0) is 21.1. The summed E-state index contributed by atoms with van der Waals surface area (Å²) in [5.41, 5.74) is 0.0429. The molecular weight excluding hydrogens is 437 g/mol. The van der Waals surface area contributed by atoms with Gasteiger partial charge in [-0.05, 0) is 31.2 Å². The monoisotopic (exact) mass is 453 g/mol. The van der Waals surface area contributed by atoms with Gasteiger partial charge in [-0.2, -0.15) is 5.10 Å². The molecule has 1 heterocycles. The molecule has 0 saturated carbocycles. The first-order valence-corrected chi connectivity index (χ1v) is 10.8. The number of halogens is 2. The van der Waals surface area contributed by atoms with Crippen LogP contribution < -0.4 is 0 Å². The largest absolute Gasteiger partial charge is 0.464 e. The molecule has 0 radical (unpaired) electrons. The SMILES string of the molecule is CCOC(=O)C(Cn1cncn1)(c1ccc(Cl)cc1Cl)S(=O)(=O)c1ccccc1. The van der Waals surface area contributed by atoms with E-state index in [4.69, 9.17) is 27.9 Å². The number of benzene rings is 2. The van der Waals surface area contributed by atoms with E-state index in [0.717, 1.165) is 0 Å². The Labute approximate surface area is 178 Å². The van der Waals surface area contributed by atoms with Crippen molar-refractivity contribution in [3.63, 3.8) is 0 Å². The summed E-state index contributed by atoms with van der Waals surface area (Å²) < 4.78 is 32.0. The first-order chi connectivity index (χ1) is 13.8. The fourth-order valence-corrected chi connectivity index (χ4v) is 5.60. The van der Waals surface area contributed by atoms with E-state index in [1.54, 1.807) is 25.1 Å². The normalized spacial score (nSPS) is 13.6. The van der Waals surface area contributed by atoms with Crippen molar-refractivity contribution in [2.75, 3.05) is 6.61 Å². The summed E-state index contributed by atoms with van der Waals surface area (Å²) in [7, 11) is -4.34. The Balaban J connectivity index is 2.37. The first-order valence-electron chi connectivity index (χ1n) is 8.57. The van der Waals surface area contributed by atoms with Crippen molar-refractivity contribution in [1.29, 1.82) is 0 Å². The van der Waals surface area contributed by atoms with Gasteiger partial charge >= 0.3 is 5.97 Å². The summed E-state index contributed by atoms with van der Waals surface area (Å²) in [6, 6.07) is 11.9. The lowest BCUT2D eigenvalue weighted by atomic mass is 9.97. The summed E-state index contributed by atoms with van der Waals surface area (Å²) in [6.07, 6.45) is 2.56. The molecule has 0 aliphatic carbocycles. The minimum Gasteiger partial charge on any atom is -0.464 e. The Morgan fingerprint density at radius 3 is 2.48 bits per heavy atom. The number of esters is 1. The van der Waals surface area contributed by atoms with Crippen LogP contribution in [0.5, 0.6) is 0 Å². The van der Waals surface area contributed by atoms with Crippen molar-refractivity contribution in [3.05, 3.63) is 76.8 Å². The highest BCUT2D eigenvalue weighted by atomic mass is 35.5. The fraction of sp³-hybridized carbons (Fsp3) is 0.211. The lowest BCUT2D eigenvalue weighted by Gasteiger charge is -2.32. The molecule has 0 amide bonds. The van der Waals surface area contributed by atoms with Crippen molar-refractivity contribution >= 4 is 39.0 Å². The molecule has 3 aromatic rings. The van der Waals surface area contributed by atoms with Crippen LogP contribution in [0.1, 0.15) is 12.5 Å². The van der Waals surface area contributed by atoms with Crippen molar-refractivity contribution in [2.24, 2.45) is 0 Å². The minimum absolute atomic E-state index is 0.0187. The summed E-state index contributed by atoms with van der Waals surface area (Å²) in [5.74, 6) is -0.969. The third-order valence-corrected chi connectivity index (χ3v) is 7.21. The molecule has 0 N–H and O–H groups in total. The quantitative estimate of drug-likeness (QED) is 0.508. The smallest absolute Gasteiger partial charge is 0.334 e. The third kappa shape index (κ3) is 3.88. The number of nitrogens with zero attached hydrogens (tertiary/aromatic N) is 3. The number of hydrogen-bond donors (Lipinski definition) is 0. The average Bonchev–Trinajstić information content (AvgIpc) is 3.20. The summed E-state index contributed by atoms with van der Waals surface area (Å²) in [5, 5.41) is 4.31. The van der Waals surface area contributed by atoms with Crippen LogP contribution in [0.3, 0.4) is 0 Å². The fourth-order valence-electron chi connectivity index (χ4n) is 3.01. The molecule has 0 fully saturated rings. The van der Waals surface area contributed by atoms with Crippen LogP contribution in [0, 0.1) is 0 Å². The number of sulfone groups is 1. The van der Waals surface area contributed by atoms with Gasteiger partial charge < -0.3 is 4.74 Å². The van der Waals surface area contributed by atoms with Crippen LogP contribution in [0.25, 0.3) is 0 Å². The van der Waals surface area contributed by atoms with Gasteiger partial charge in [0.2, 0.25) is 14.6 Å². The molecule has 29 heavy (non-hydrogen) atoms. The molecule has 1 aromatic heterocycles. The second-order valence-corrected chi connectivity index (χ2v) is 9.10. The molecule has 0 aliphatic heterocycles. The number of aromatic nitrogens is 3. The highest BCUT2D eigenvalue weighted by molar-refractivity contribution is 7.93. The number of rotatable bonds is 7. The van der Waals surface area contributed by atoms with Crippen molar-refractivity contribution in [1.82, 2.24) is 14.8 Å². The summed E-state index contributed by atoms with van der Waals surface area (Å²) in [4.78, 5) is 17.1. The molecule has 0 spiro atoms. The Morgan fingerprint density at radius 1 is 1.17 bits per heavy atom. The standard InChI is InChI=1S/C19H17Cl2N3O4S/c1-2-28-18(25)19(11-24-13-22-12-23-24,16-9-8-14(20)10-17(16)21)29(26,27)15-6-4-3-5-7-15/h3-10,12-13H,2,11H2,1H3. The zero-order valence-electron chi connectivity index (χ0n) is 15.3. The Kier molecular flexibility index (Phi) is 6.26. The van der Waals surface area contributed by atoms with E-state index < -0.39 is 20.6 Å². The molecule has 7 nitrogen and oxygen atoms in total. The van der Waals surface area contributed by atoms with Crippen LogP contribution in [0.4, 0.5) is 0 Å². The van der Waals surface area contributed by atoms with E-state index in [2.05, 4.69) is 10.1 Å². The van der Waals surface area contributed by atoms with Gasteiger partial charge in [-0.3, -0.25) is 4.68 Å². The highest BCUT2D eigenvalue weighted by Gasteiger charge is 2.56. The maximum Gasteiger partial charge on any atom is 0.334 e. The summed E-state index contributed by atoms with van der Waals surface area (Å²) >= 11 is 12.4. The number of ether oxygens (including phenoxy) is 1. The van der Waals surface area contributed by atoms with Gasteiger partial charge in [0, 0.05) is 15.6 Å². The molecule has 0 saturated heterocycles. The van der Waals surface area contributed by atoms with Crippen LogP contribution in [0.2, 0.25) is 10.0 Å². The van der Waals surface area contributed by atoms with E-state index in [9.17, 15) is 13.2 Å². The second-order valence-electron chi connectivity index (χ2n) is 6.08. The molecular formula is C19H17Cl2N3O4S. The predicted molar refractivity (Wildman–Crippen MR) is 108 cm³/mol. The summed E-state index contributed by atoms with van der Waals surface area (Å²) in [6.45, 7) is 1.19.